The van der Waals surface area contributed by atoms with Crippen LogP contribution in [0.1, 0.15) is 12.8 Å². The Hall–Kier alpha value is -3.45. The highest BCUT2D eigenvalue weighted by Crippen LogP contribution is 2.26. The number of para-hydroxylation sites is 2. The normalized spacial score (nSPS) is 11.5. The van der Waals surface area contributed by atoms with Crippen molar-refractivity contribution >= 4 is 32.5 Å². The van der Waals surface area contributed by atoms with Gasteiger partial charge in [0.05, 0.1) is 10.6 Å². The minimum absolute atomic E-state index is 0.0760. The minimum Gasteiger partial charge on any atom is -0.436 e. The fourth-order valence-corrected chi connectivity index (χ4v) is 4.45. The summed E-state index contributed by atoms with van der Waals surface area (Å²) in [6.07, 6.45) is 0.354. The van der Waals surface area contributed by atoms with E-state index in [1.807, 2.05) is 30.3 Å². The van der Waals surface area contributed by atoms with E-state index < -0.39 is 9.84 Å². The molecule has 0 atom stereocenters. The first-order chi connectivity index (χ1) is 14.5. The molecule has 30 heavy (non-hydrogen) atoms. The Labute approximate surface area is 174 Å². The standard InChI is InChI=1S/C23H20N2O4S/c26-22(14-7-15-30(27,28)19-10-2-1-3-11-19)24-18-9-6-8-17(16-18)23-25-20-12-4-5-13-21(20)29-23/h1-6,8-13,16H,7,14-15H2,(H,24,26). The molecule has 0 aliphatic rings. The van der Waals surface area contributed by atoms with Gasteiger partial charge in [0.25, 0.3) is 0 Å². The van der Waals surface area contributed by atoms with E-state index in [4.69, 9.17) is 4.42 Å². The molecule has 4 rings (SSSR count). The van der Waals surface area contributed by atoms with Crippen molar-refractivity contribution in [2.75, 3.05) is 11.1 Å². The zero-order chi connectivity index (χ0) is 21.0. The quantitative estimate of drug-likeness (QED) is 0.469. The Morgan fingerprint density at radius 3 is 2.50 bits per heavy atom. The van der Waals surface area contributed by atoms with Crippen molar-refractivity contribution in [2.45, 2.75) is 17.7 Å². The third kappa shape index (κ3) is 4.58. The Bertz CT molecular complexity index is 1250. The summed E-state index contributed by atoms with van der Waals surface area (Å²) in [6, 6.07) is 23.0. The number of anilines is 1. The Morgan fingerprint density at radius 1 is 0.933 bits per heavy atom. The maximum absolute atomic E-state index is 12.3. The average Bonchev–Trinajstić information content (AvgIpc) is 3.19. The van der Waals surface area contributed by atoms with Gasteiger partial charge in [-0.15, -0.1) is 0 Å². The van der Waals surface area contributed by atoms with Crippen molar-refractivity contribution in [3.63, 3.8) is 0 Å². The molecule has 6 nitrogen and oxygen atoms in total. The van der Waals surface area contributed by atoms with Gasteiger partial charge in [-0.05, 0) is 48.9 Å². The molecule has 1 amide bonds. The van der Waals surface area contributed by atoms with Crippen LogP contribution in [0.5, 0.6) is 0 Å². The molecule has 3 aromatic carbocycles. The molecule has 7 heteroatoms. The largest absolute Gasteiger partial charge is 0.436 e. The van der Waals surface area contributed by atoms with Crippen molar-refractivity contribution in [3.05, 3.63) is 78.9 Å². The number of nitrogens with zero attached hydrogens (tertiary/aromatic N) is 1. The molecule has 1 aromatic heterocycles. The monoisotopic (exact) mass is 420 g/mol. The van der Waals surface area contributed by atoms with Crippen LogP contribution in [0.3, 0.4) is 0 Å². The summed E-state index contributed by atoms with van der Waals surface area (Å²) in [7, 11) is -3.39. The number of aromatic nitrogens is 1. The van der Waals surface area contributed by atoms with Gasteiger partial charge in [-0.2, -0.15) is 0 Å². The lowest BCUT2D eigenvalue weighted by molar-refractivity contribution is -0.116. The summed E-state index contributed by atoms with van der Waals surface area (Å²) in [6.45, 7) is 0. The fraction of sp³-hybridized carbons (Fsp3) is 0.130. The van der Waals surface area contributed by atoms with Gasteiger partial charge in [-0.3, -0.25) is 4.79 Å². The number of hydrogen-bond donors (Lipinski definition) is 1. The number of fused-ring (bicyclic) bond motifs is 1. The molecule has 4 aromatic rings. The second-order valence-corrected chi connectivity index (χ2v) is 8.96. The zero-order valence-corrected chi connectivity index (χ0v) is 16.9. The second-order valence-electron chi connectivity index (χ2n) is 6.85. The maximum Gasteiger partial charge on any atom is 0.227 e. The van der Waals surface area contributed by atoms with E-state index in [0.29, 0.717) is 17.2 Å². The summed E-state index contributed by atoms with van der Waals surface area (Å²) < 4.78 is 30.4. The minimum atomic E-state index is -3.39. The fourth-order valence-electron chi connectivity index (χ4n) is 3.12. The first kappa shape index (κ1) is 19.8. The molecular formula is C23H20N2O4S. The molecule has 0 fully saturated rings. The number of carbonyl (C=O) groups excluding carboxylic acids is 1. The van der Waals surface area contributed by atoms with E-state index >= 15 is 0 Å². The van der Waals surface area contributed by atoms with E-state index in [1.165, 1.54) is 0 Å². The maximum atomic E-state index is 12.3. The summed E-state index contributed by atoms with van der Waals surface area (Å²) in [5, 5.41) is 2.81. The van der Waals surface area contributed by atoms with Crippen LogP contribution < -0.4 is 5.32 Å². The highest BCUT2D eigenvalue weighted by molar-refractivity contribution is 7.91. The topological polar surface area (TPSA) is 89.3 Å². The third-order valence-electron chi connectivity index (χ3n) is 4.61. The lowest BCUT2D eigenvalue weighted by atomic mass is 10.2. The first-order valence-electron chi connectivity index (χ1n) is 9.55. The Balaban J connectivity index is 1.37. The zero-order valence-electron chi connectivity index (χ0n) is 16.1. The summed E-state index contributed by atoms with van der Waals surface area (Å²) >= 11 is 0. The van der Waals surface area contributed by atoms with Gasteiger partial charge in [-0.25, -0.2) is 13.4 Å². The van der Waals surface area contributed by atoms with E-state index in [1.54, 1.807) is 48.5 Å². The van der Waals surface area contributed by atoms with Crippen LogP contribution in [0.25, 0.3) is 22.6 Å². The molecular weight excluding hydrogens is 400 g/mol. The van der Waals surface area contributed by atoms with Crippen LogP contribution >= 0.6 is 0 Å². The molecule has 1 heterocycles. The SMILES string of the molecule is O=C(CCCS(=O)(=O)c1ccccc1)Nc1cccc(-c2nc3ccccc3o2)c1. The molecule has 0 aliphatic heterocycles. The van der Waals surface area contributed by atoms with Crippen LogP contribution in [-0.4, -0.2) is 25.1 Å². The number of sulfone groups is 1. The van der Waals surface area contributed by atoms with Gasteiger partial charge in [0.1, 0.15) is 5.52 Å². The second kappa shape index (κ2) is 8.51. The number of benzene rings is 3. The first-order valence-corrected chi connectivity index (χ1v) is 11.2. The van der Waals surface area contributed by atoms with E-state index in [-0.39, 0.29) is 29.4 Å². The van der Waals surface area contributed by atoms with Crippen LogP contribution in [0, 0.1) is 0 Å². The Kier molecular flexibility index (Phi) is 5.63. The van der Waals surface area contributed by atoms with E-state index in [9.17, 15) is 13.2 Å². The highest BCUT2D eigenvalue weighted by atomic mass is 32.2. The molecule has 0 saturated carbocycles. The summed E-state index contributed by atoms with van der Waals surface area (Å²) in [5.41, 5.74) is 2.81. The lowest BCUT2D eigenvalue weighted by Crippen LogP contribution is -2.14. The number of oxazole rings is 1. The number of amides is 1. The predicted octanol–water partition coefficient (Wildman–Crippen LogP) is 4.69. The van der Waals surface area contributed by atoms with Crippen LogP contribution in [0.2, 0.25) is 0 Å². The highest BCUT2D eigenvalue weighted by Gasteiger charge is 2.15. The number of carbonyl (C=O) groups is 1. The molecule has 1 N–H and O–H groups in total. The van der Waals surface area contributed by atoms with Crippen molar-refractivity contribution in [1.29, 1.82) is 0 Å². The van der Waals surface area contributed by atoms with Crippen LogP contribution in [0.4, 0.5) is 5.69 Å². The van der Waals surface area contributed by atoms with E-state index in [0.717, 1.165) is 11.1 Å². The van der Waals surface area contributed by atoms with Gasteiger partial charge in [0, 0.05) is 17.7 Å². The van der Waals surface area contributed by atoms with E-state index in [2.05, 4.69) is 10.3 Å². The molecule has 0 unspecified atom stereocenters. The van der Waals surface area contributed by atoms with Gasteiger partial charge in [-0.1, -0.05) is 36.4 Å². The molecule has 152 valence electrons. The molecule has 0 saturated heterocycles. The summed E-state index contributed by atoms with van der Waals surface area (Å²) in [5.74, 6) is 0.155. The Morgan fingerprint density at radius 2 is 1.70 bits per heavy atom. The smallest absolute Gasteiger partial charge is 0.227 e. The van der Waals surface area contributed by atoms with Gasteiger partial charge < -0.3 is 9.73 Å². The van der Waals surface area contributed by atoms with Crippen molar-refractivity contribution < 1.29 is 17.6 Å². The molecule has 0 spiro atoms. The van der Waals surface area contributed by atoms with Gasteiger partial charge in [0.15, 0.2) is 15.4 Å². The lowest BCUT2D eigenvalue weighted by Gasteiger charge is -2.07. The number of nitrogens with one attached hydrogen (secondary N) is 1. The van der Waals surface area contributed by atoms with Crippen LogP contribution in [0.15, 0.2) is 88.2 Å². The molecule has 0 aliphatic carbocycles. The van der Waals surface area contributed by atoms with Crippen molar-refractivity contribution in [3.8, 4) is 11.5 Å². The average molecular weight is 420 g/mol. The number of rotatable bonds is 7. The molecule has 0 bridgehead atoms. The van der Waals surface area contributed by atoms with Gasteiger partial charge >= 0.3 is 0 Å². The third-order valence-corrected chi connectivity index (χ3v) is 6.42. The van der Waals surface area contributed by atoms with Crippen molar-refractivity contribution in [1.82, 2.24) is 4.98 Å². The molecule has 0 radical (unpaired) electrons. The van der Waals surface area contributed by atoms with Crippen LogP contribution in [-0.2, 0) is 14.6 Å². The number of hydrogen-bond acceptors (Lipinski definition) is 5. The van der Waals surface area contributed by atoms with Crippen molar-refractivity contribution in [2.24, 2.45) is 0 Å². The summed E-state index contributed by atoms with van der Waals surface area (Å²) in [4.78, 5) is 17.0. The predicted molar refractivity (Wildman–Crippen MR) is 116 cm³/mol. The van der Waals surface area contributed by atoms with Gasteiger partial charge in [0.2, 0.25) is 11.8 Å².